The highest BCUT2D eigenvalue weighted by Crippen LogP contribution is 2.31. The second-order valence-corrected chi connectivity index (χ2v) is 12.3. The number of nitrogens with one attached hydrogen (secondary N) is 3. The lowest BCUT2D eigenvalue weighted by molar-refractivity contribution is -0.116. The smallest absolute Gasteiger partial charge is 0.321 e. The Morgan fingerprint density at radius 2 is 1.60 bits per heavy atom. The molecule has 0 saturated heterocycles. The minimum absolute atomic E-state index is 0.131. The average molecular weight is 659 g/mol. The molecule has 12 nitrogen and oxygen atoms in total. The van der Waals surface area contributed by atoms with E-state index in [-0.39, 0.29) is 54.8 Å². The molecule has 3 aromatic carbocycles. The van der Waals surface area contributed by atoms with Crippen LogP contribution in [-0.2, 0) is 9.59 Å². The lowest BCUT2D eigenvalue weighted by Crippen LogP contribution is -2.50. The Labute approximate surface area is 281 Å². The summed E-state index contributed by atoms with van der Waals surface area (Å²) >= 11 is 0. The molecule has 12 heteroatoms. The maximum atomic E-state index is 13.8. The maximum absolute atomic E-state index is 13.8. The first-order chi connectivity index (χ1) is 23.0. The molecule has 1 heterocycles. The number of carbonyl (C=O) groups is 4. The third-order valence-corrected chi connectivity index (χ3v) is 8.32. The lowest BCUT2D eigenvalue weighted by Gasteiger charge is -2.38. The average Bonchev–Trinajstić information content (AvgIpc) is 3.07. The van der Waals surface area contributed by atoms with E-state index in [4.69, 9.17) is 10.5 Å². The normalized spacial score (nSPS) is 16.4. The summed E-state index contributed by atoms with van der Waals surface area (Å²) in [6.45, 7) is 4.04. The zero-order valence-corrected chi connectivity index (χ0v) is 27.8. The molecule has 0 bridgehead atoms. The molecule has 4 rings (SSSR count). The minimum Gasteiger partial charge on any atom is -0.487 e. The Balaban J connectivity index is 1.36. The van der Waals surface area contributed by atoms with E-state index in [1.165, 1.54) is 4.90 Å². The van der Waals surface area contributed by atoms with Gasteiger partial charge in [-0.1, -0.05) is 43.7 Å². The summed E-state index contributed by atoms with van der Waals surface area (Å²) in [5, 5.41) is 18.5. The number of nitrogens with zero attached hydrogens (tertiary/aromatic N) is 2. The van der Waals surface area contributed by atoms with Crippen LogP contribution in [0.1, 0.15) is 56.3 Å². The zero-order valence-electron chi connectivity index (χ0n) is 27.8. The molecule has 6 N–H and O–H groups in total. The summed E-state index contributed by atoms with van der Waals surface area (Å²) in [4.78, 5) is 54.9. The van der Waals surface area contributed by atoms with Crippen LogP contribution in [0.5, 0.6) is 5.75 Å². The van der Waals surface area contributed by atoms with Gasteiger partial charge in [0.1, 0.15) is 11.9 Å². The van der Waals surface area contributed by atoms with Gasteiger partial charge in [-0.2, -0.15) is 0 Å². The Morgan fingerprint density at radius 3 is 2.29 bits per heavy atom. The number of urea groups is 1. The van der Waals surface area contributed by atoms with Crippen LogP contribution >= 0.6 is 0 Å². The molecular formula is C36H46N6O6. The number of benzene rings is 3. The molecule has 0 spiro atoms. The molecule has 48 heavy (non-hydrogen) atoms. The number of aliphatic hydroxyl groups excluding tert-OH is 1. The lowest BCUT2D eigenvalue weighted by atomic mass is 9.99. The van der Waals surface area contributed by atoms with Crippen LogP contribution in [0.2, 0.25) is 0 Å². The zero-order chi connectivity index (χ0) is 34.6. The number of hydrogen-bond acceptors (Lipinski definition) is 7. The first-order valence-electron chi connectivity index (χ1n) is 16.3. The number of nitrogens with two attached hydrogens (primary N) is 1. The van der Waals surface area contributed by atoms with Crippen molar-refractivity contribution in [1.29, 1.82) is 0 Å². The molecular weight excluding hydrogens is 612 g/mol. The molecule has 3 atom stereocenters. The summed E-state index contributed by atoms with van der Waals surface area (Å²) in [7, 11) is 1.68. The second kappa shape index (κ2) is 17.2. The topological polar surface area (TPSA) is 166 Å². The van der Waals surface area contributed by atoms with Gasteiger partial charge in [0.15, 0.2) is 0 Å². The molecule has 1 aliphatic heterocycles. The predicted octanol–water partition coefficient (Wildman–Crippen LogP) is 5.18. The number of unbranched alkanes of at least 4 members (excludes halogenated alkanes) is 2. The van der Waals surface area contributed by atoms with Crippen molar-refractivity contribution in [1.82, 2.24) is 9.80 Å². The van der Waals surface area contributed by atoms with E-state index in [2.05, 4.69) is 16.0 Å². The molecule has 0 aliphatic carbocycles. The number of amides is 5. The van der Waals surface area contributed by atoms with Crippen LogP contribution in [0.3, 0.4) is 0 Å². The predicted molar refractivity (Wildman–Crippen MR) is 187 cm³/mol. The number of hydrogen-bond donors (Lipinski definition) is 5. The number of carbonyl (C=O) groups excluding carboxylic acids is 4. The fourth-order valence-electron chi connectivity index (χ4n) is 5.41. The second-order valence-electron chi connectivity index (χ2n) is 12.3. The summed E-state index contributed by atoms with van der Waals surface area (Å²) in [6.07, 6.45) is 2.00. The van der Waals surface area contributed by atoms with Crippen molar-refractivity contribution in [3.05, 3.63) is 78.4 Å². The van der Waals surface area contributed by atoms with Crippen LogP contribution in [0.25, 0.3) is 0 Å². The maximum Gasteiger partial charge on any atom is 0.321 e. The third-order valence-electron chi connectivity index (χ3n) is 8.32. The Bertz CT molecular complexity index is 1570. The first-order valence-corrected chi connectivity index (χ1v) is 16.3. The van der Waals surface area contributed by atoms with Gasteiger partial charge in [0.2, 0.25) is 11.8 Å². The molecule has 5 amide bonds. The summed E-state index contributed by atoms with van der Waals surface area (Å²) < 4.78 is 6.38. The summed E-state index contributed by atoms with van der Waals surface area (Å²) in [5.74, 6) is -0.511. The molecule has 0 radical (unpaired) electrons. The molecule has 0 unspecified atom stereocenters. The molecule has 1 aliphatic rings. The Morgan fingerprint density at radius 1 is 0.938 bits per heavy atom. The standard InChI is InChI=1S/C36H46N6O6/c1-24-21-42(25(2)23-43)35(46)28-20-27(38-33(44)16-8-5-9-17-34(45)40-30-15-11-10-14-29(30)37)18-19-31(28)48-32(24)22-41(3)36(47)39-26-12-6-4-7-13-26/h4,6-7,10-15,18-20,24-25,32,43H,5,8-9,16-17,21-23,37H2,1-3H3,(H,38,44)(H,39,47)(H,40,45)/t24-,25-,32+/m1/s1. The fourth-order valence-corrected chi connectivity index (χ4v) is 5.41. The largest absolute Gasteiger partial charge is 0.487 e. The minimum atomic E-state index is -0.468. The van der Waals surface area contributed by atoms with E-state index >= 15 is 0 Å². The van der Waals surface area contributed by atoms with E-state index in [1.54, 1.807) is 73.5 Å². The molecule has 0 aromatic heterocycles. The first kappa shape index (κ1) is 35.7. The van der Waals surface area contributed by atoms with Crippen LogP contribution in [-0.4, -0.2) is 77.5 Å². The SMILES string of the molecule is C[C@@H]1CN([C@H](C)CO)C(=O)c2cc(NC(=O)CCCCCC(=O)Nc3ccccc3N)ccc2O[C@H]1CN(C)C(=O)Nc1ccccc1. The highest BCUT2D eigenvalue weighted by atomic mass is 16.5. The van der Waals surface area contributed by atoms with Gasteiger partial charge in [0.25, 0.3) is 5.91 Å². The Kier molecular flexibility index (Phi) is 12.8. The van der Waals surface area contributed by atoms with Crippen LogP contribution in [0.15, 0.2) is 72.8 Å². The van der Waals surface area contributed by atoms with Crippen molar-refractivity contribution >= 4 is 46.5 Å². The van der Waals surface area contributed by atoms with E-state index in [0.717, 1.165) is 0 Å². The van der Waals surface area contributed by atoms with Gasteiger partial charge in [0, 0.05) is 43.7 Å². The van der Waals surface area contributed by atoms with Crippen molar-refractivity contribution in [3.63, 3.8) is 0 Å². The van der Waals surface area contributed by atoms with Crippen LogP contribution in [0, 0.1) is 5.92 Å². The van der Waals surface area contributed by atoms with Gasteiger partial charge in [-0.3, -0.25) is 14.4 Å². The number of anilines is 4. The summed E-state index contributed by atoms with van der Waals surface area (Å²) in [5.41, 5.74) is 8.33. The number of ether oxygens (including phenoxy) is 1. The molecule has 0 saturated carbocycles. The van der Waals surface area contributed by atoms with Gasteiger partial charge >= 0.3 is 6.03 Å². The number of aliphatic hydroxyl groups is 1. The van der Waals surface area contributed by atoms with Crippen LogP contribution < -0.4 is 26.4 Å². The number of para-hydroxylation sites is 3. The van der Waals surface area contributed by atoms with Crippen molar-refractivity contribution < 1.29 is 29.0 Å². The van der Waals surface area contributed by atoms with E-state index in [9.17, 15) is 24.3 Å². The fraction of sp³-hybridized carbons (Fsp3) is 0.389. The molecule has 3 aromatic rings. The molecule has 0 fully saturated rings. The monoisotopic (exact) mass is 658 g/mol. The number of likely N-dealkylation sites (N-methyl/N-ethyl adjacent to an activating group) is 1. The quantitative estimate of drug-likeness (QED) is 0.125. The van der Waals surface area contributed by atoms with E-state index in [0.29, 0.717) is 60.7 Å². The highest BCUT2D eigenvalue weighted by molar-refractivity contribution is 6.00. The van der Waals surface area contributed by atoms with Gasteiger partial charge in [-0.25, -0.2) is 4.79 Å². The number of rotatable bonds is 13. The highest BCUT2D eigenvalue weighted by Gasteiger charge is 2.34. The van der Waals surface area contributed by atoms with Crippen LogP contribution in [0.4, 0.5) is 27.5 Å². The number of fused-ring (bicyclic) bond motifs is 1. The number of nitrogen functional groups attached to an aromatic ring is 1. The van der Waals surface area contributed by atoms with Crippen molar-refractivity contribution in [2.75, 3.05) is 48.4 Å². The van der Waals surface area contributed by atoms with E-state index < -0.39 is 12.1 Å². The van der Waals surface area contributed by atoms with Crippen molar-refractivity contribution in [2.24, 2.45) is 5.92 Å². The van der Waals surface area contributed by atoms with Gasteiger partial charge in [0.05, 0.1) is 36.1 Å². The third kappa shape index (κ3) is 9.95. The summed E-state index contributed by atoms with van der Waals surface area (Å²) in [6, 6.07) is 20.4. The molecule has 256 valence electrons. The van der Waals surface area contributed by atoms with Crippen molar-refractivity contribution in [2.45, 2.75) is 58.1 Å². The Hall–Kier alpha value is -5.10. The van der Waals surface area contributed by atoms with Gasteiger partial charge in [-0.15, -0.1) is 0 Å². The van der Waals surface area contributed by atoms with E-state index in [1.807, 2.05) is 25.1 Å². The van der Waals surface area contributed by atoms with Gasteiger partial charge < -0.3 is 41.3 Å². The van der Waals surface area contributed by atoms with Gasteiger partial charge in [-0.05, 0) is 62.2 Å². The van der Waals surface area contributed by atoms with Crippen molar-refractivity contribution in [3.8, 4) is 5.75 Å².